The molecule has 3 aromatic rings. The molecule has 5 nitrogen and oxygen atoms in total. The Kier molecular flexibility index (Phi) is 4.28. The van der Waals surface area contributed by atoms with Gasteiger partial charge in [0.15, 0.2) is 0 Å². The van der Waals surface area contributed by atoms with Crippen LogP contribution in [0.2, 0.25) is 0 Å². The van der Waals surface area contributed by atoms with Crippen LogP contribution in [0.1, 0.15) is 12.5 Å². The van der Waals surface area contributed by atoms with Gasteiger partial charge in [0.05, 0.1) is 19.2 Å². The SMILES string of the molecule is CCNC(=O)CNC(=O)Cc1coc2ccc3ccccc3c12. The van der Waals surface area contributed by atoms with E-state index in [2.05, 4.69) is 10.6 Å². The highest BCUT2D eigenvalue weighted by molar-refractivity contribution is 6.08. The number of furan rings is 1. The number of fused-ring (bicyclic) bond motifs is 3. The molecule has 0 radical (unpaired) electrons. The van der Waals surface area contributed by atoms with E-state index < -0.39 is 0 Å². The number of hydrogen-bond acceptors (Lipinski definition) is 3. The van der Waals surface area contributed by atoms with E-state index >= 15 is 0 Å². The molecule has 0 aliphatic carbocycles. The number of hydrogen-bond donors (Lipinski definition) is 2. The predicted octanol–water partition coefficient (Wildman–Crippen LogP) is 2.38. The van der Waals surface area contributed by atoms with Crippen molar-refractivity contribution in [2.24, 2.45) is 0 Å². The number of benzene rings is 2. The van der Waals surface area contributed by atoms with Crippen LogP contribution in [0, 0.1) is 0 Å². The molecule has 2 N–H and O–H groups in total. The fourth-order valence-electron chi connectivity index (χ4n) is 2.68. The van der Waals surface area contributed by atoms with E-state index in [-0.39, 0.29) is 24.8 Å². The number of nitrogens with one attached hydrogen (secondary N) is 2. The van der Waals surface area contributed by atoms with Crippen molar-refractivity contribution in [3.8, 4) is 0 Å². The first-order valence-electron chi connectivity index (χ1n) is 7.60. The predicted molar refractivity (Wildman–Crippen MR) is 89.1 cm³/mol. The Labute approximate surface area is 133 Å². The molecule has 0 spiro atoms. The van der Waals surface area contributed by atoms with Gasteiger partial charge >= 0.3 is 0 Å². The van der Waals surface area contributed by atoms with Crippen molar-refractivity contribution in [3.05, 3.63) is 48.2 Å². The van der Waals surface area contributed by atoms with E-state index in [0.717, 1.165) is 27.3 Å². The average Bonchev–Trinajstić information content (AvgIpc) is 2.97. The van der Waals surface area contributed by atoms with Crippen molar-refractivity contribution < 1.29 is 14.0 Å². The minimum absolute atomic E-state index is 0.0107. The zero-order chi connectivity index (χ0) is 16.2. The fourth-order valence-corrected chi connectivity index (χ4v) is 2.68. The Bertz CT molecular complexity index is 867. The van der Waals surface area contributed by atoms with Crippen LogP contribution in [0.5, 0.6) is 0 Å². The maximum Gasteiger partial charge on any atom is 0.239 e. The zero-order valence-electron chi connectivity index (χ0n) is 12.9. The Balaban J connectivity index is 1.82. The van der Waals surface area contributed by atoms with E-state index in [1.165, 1.54) is 0 Å². The number of carbonyl (C=O) groups is 2. The molecule has 0 bridgehead atoms. The maximum atomic E-state index is 12.1. The second-order valence-electron chi connectivity index (χ2n) is 5.33. The summed E-state index contributed by atoms with van der Waals surface area (Å²) in [5.41, 5.74) is 1.58. The summed E-state index contributed by atoms with van der Waals surface area (Å²) in [4.78, 5) is 23.5. The molecule has 3 rings (SSSR count). The van der Waals surface area contributed by atoms with E-state index in [0.29, 0.717) is 6.54 Å². The lowest BCUT2D eigenvalue weighted by Crippen LogP contribution is -2.37. The van der Waals surface area contributed by atoms with E-state index in [1.54, 1.807) is 6.26 Å². The van der Waals surface area contributed by atoms with E-state index in [9.17, 15) is 9.59 Å². The first-order valence-corrected chi connectivity index (χ1v) is 7.60. The summed E-state index contributed by atoms with van der Waals surface area (Å²) in [6, 6.07) is 11.9. The molecule has 5 heteroatoms. The largest absolute Gasteiger partial charge is 0.464 e. The second-order valence-corrected chi connectivity index (χ2v) is 5.33. The molecule has 23 heavy (non-hydrogen) atoms. The van der Waals surface area contributed by atoms with Crippen LogP contribution in [0.15, 0.2) is 47.1 Å². The lowest BCUT2D eigenvalue weighted by molar-refractivity contribution is -0.125. The van der Waals surface area contributed by atoms with Crippen LogP contribution in [0.3, 0.4) is 0 Å². The van der Waals surface area contributed by atoms with Crippen molar-refractivity contribution in [3.63, 3.8) is 0 Å². The van der Waals surface area contributed by atoms with Crippen molar-refractivity contribution in [1.82, 2.24) is 10.6 Å². The van der Waals surface area contributed by atoms with Gasteiger partial charge in [-0.2, -0.15) is 0 Å². The first kappa shape index (κ1) is 15.1. The monoisotopic (exact) mass is 310 g/mol. The summed E-state index contributed by atoms with van der Waals surface area (Å²) in [6.45, 7) is 2.37. The van der Waals surface area contributed by atoms with Crippen LogP contribution in [-0.4, -0.2) is 24.9 Å². The maximum absolute atomic E-state index is 12.1. The molecule has 0 aliphatic rings. The molecule has 2 amide bonds. The van der Waals surface area contributed by atoms with Crippen molar-refractivity contribution in [2.45, 2.75) is 13.3 Å². The van der Waals surface area contributed by atoms with Gasteiger partial charge in [0, 0.05) is 17.5 Å². The lowest BCUT2D eigenvalue weighted by Gasteiger charge is -2.05. The van der Waals surface area contributed by atoms with Crippen molar-refractivity contribution in [2.75, 3.05) is 13.1 Å². The third-order valence-corrected chi connectivity index (χ3v) is 3.71. The number of likely N-dealkylation sites (N-methyl/N-ethyl adjacent to an activating group) is 1. The van der Waals surface area contributed by atoms with Crippen molar-refractivity contribution >= 4 is 33.6 Å². The highest BCUT2D eigenvalue weighted by Gasteiger charge is 2.13. The minimum Gasteiger partial charge on any atom is -0.464 e. The van der Waals surface area contributed by atoms with Gasteiger partial charge in [0.1, 0.15) is 5.58 Å². The topological polar surface area (TPSA) is 71.3 Å². The minimum atomic E-state index is -0.202. The lowest BCUT2D eigenvalue weighted by atomic mass is 10.0. The fraction of sp³-hybridized carbons (Fsp3) is 0.222. The van der Waals surface area contributed by atoms with Crippen molar-refractivity contribution in [1.29, 1.82) is 0 Å². The highest BCUT2D eigenvalue weighted by atomic mass is 16.3. The molecule has 0 saturated carbocycles. The van der Waals surface area contributed by atoms with Gasteiger partial charge in [-0.3, -0.25) is 9.59 Å². The summed E-state index contributed by atoms with van der Waals surface area (Å²) in [5, 5.41) is 8.38. The Hall–Kier alpha value is -2.82. The van der Waals surface area contributed by atoms with Gasteiger partial charge in [-0.15, -0.1) is 0 Å². The quantitative estimate of drug-likeness (QED) is 0.760. The molecule has 0 fully saturated rings. The Morgan fingerprint density at radius 3 is 2.70 bits per heavy atom. The average molecular weight is 310 g/mol. The highest BCUT2D eigenvalue weighted by Crippen LogP contribution is 2.29. The summed E-state index contributed by atoms with van der Waals surface area (Å²) in [5.74, 6) is -0.393. The Morgan fingerprint density at radius 2 is 1.87 bits per heavy atom. The molecule has 0 atom stereocenters. The van der Waals surface area contributed by atoms with Crippen LogP contribution < -0.4 is 10.6 Å². The molecule has 0 unspecified atom stereocenters. The third-order valence-electron chi connectivity index (χ3n) is 3.71. The molecule has 0 saturated heterocycles. The Morgan fingerprint density at radius 1 is 1.04 bits per heavy atom. The molecule has 0 aliphatic heterocycles. The molecule has 2 aromatic carbocycles. The van der Waals surface area contributed by atoms with Crippen LogP contribution >= 0.6 is 0 Å². The van der Waals surface area contributed by atoms with Crippen LogP contribution in [0.4, 0.5) is 0 Å². The van der Waals surface area contributed by atoms with Gasteiger partial charge < -0.3 is 15.1 Å². The summed E-state index contributed by atoms with van der Waals surface area (Å²) < 4.78 is 5.56. The molecular weight excluding hydrogens is 292 g/mol. The summed E-state index contributed by atoms with van der Waals surface area (Å²) >= 11 is 0. The zero-order valence-corrected chi connectivity index (χ0v) is 12.9. The second kappa shape index (κ2) is 6.52. The van der Waals surface area contributed by atoms with Crippen LogP contribution in [0.25, 0.3) is 21.7 Å². The first-order chi connectivity index (χ1) is 11.2. The molecule has 1 heterocycles. The number of carbonyl (C=O) groups excluding carboxylic acids is 2. The molecule has 1 aromatic heterocycles. The van der Waals surface area contributed by atoms with Gasteiger partial charge in [-0.1, -0.05) is 30.3 Å². The van der Waals surface area contributed by atoms with Gasteiger partial charge in [-0.25, -0.2) is 0 Å². The van der Waals surface area contributed by atoms with E-state index in [4.69, 9.17) is 4.42 Å². The van der Waals surface area contributed by atoms with E-state index in [1.807, 2.05) is 43.3 Å². The third kappa shape index (κ3) is 3.18. The molecule has 118 valence electrons. The molecular formula is C18H18N2O3. The normalized spacial score (nSPS) is 10.8. The number of amides is 2. The smallest absolute Gasteiger partial charge is 0.239 e. The summed E-state index contributed by atoms with van der Waals surface area (Å²) in [6.07, 6.45) is 1.79. The standard InChI is InChI=1S/C18H18N2O3/c1-2-19-17(22)10-20-16(21)9-13-11-23-15-8-7-12-5-3-4-6-14(12)18(13)15/h3-8,11H,2,9-10H2,1H3,(H,19,22)(H,20,21). The van der Waals surface area contributed by atoms with Gasteiger partial charge in [0.2, 0.25) is 11.8 Å². The van der Waals surface area contributed by atoms with Crippen LogP contribution in [-0.2, 0) is 16.0 Å². The number of rotatable bonds is 5. The van der Waals surface area contributed by atoms with Gasteiger partial charge in [0.25, 0.3) is 0 Å². The van der Waals surface area contributed by atoms with Gasteiger partial charge in [-0.05, 0) is 23.8 Å². The summed E-state index contributed by atoms with van der Waals surface area (Å²) in [7, 11) is 0.